The summed E-state index contributed by atoms with van der Waals surface area (Å²) in [5, 5.41) is 19.8. The van der Waals surface area contributed by atoms with Crippen LogP contribution in [0, 0.1) is 16.7 Å². The van der Waals surface area contributed by atoms with Crippen molar-refractivity contribution in [3.05, 3.63) is 59.9 Å². The van der Waals surface area contributed by atoms with Gasteiger partial charge in [-0.05, 0) is 35.4 Å². The molecule has 0 aliphatic carbocycles. The van der Waals surface area contributed by atoms with Gasteiger partial charge in [0.1, 0.15) is 6.07 Å². The van der Waals surface area contributed by atoms with E-state index in [0.29, 0.717) is 5.69 Å². The van der Waals surface area contributed by atoms with E-state index < -0.39 is 0 Å². The summed E-state index contributed by atoms with van der Waals surface area (Å²) in [5.41, 5.74) is 10.5. The Hall–Kier alpha value is -3.46. The van der Waals surface area contributed by atoms with E-state index in [1.807, 2.05) is 48.6 Å². The van der Waals surface area contributed by atoms with Crippen molar-refractivity contribution in [2.45, 2.75) is 0 Å². The second kappa shape index (κ2) is 7.36. The van der Waals surface area contributed by atoms with E-state index in [2.05, 4.69) is 15.5 Å². The number of nitriles is 1. The molecule has 0 aliphatic heterocycles. The van der Waals surface area contributed by atoms with Gasteiger partial charge in [-0.3, -0.25) is 15.8 Å². The molecule has 1 aromatic heterocycles. The number of hydrogen-bond donors (Lipinski definition) is 3. The number of benzene rings is 1. The molecule has 0 radical (unpaired) electrons. The minimum absolute atomic E-state index is 0.155. The molecule has 6 heteroatoms. The van der Waals surface area contributed by atoms with Crippen molar-refractivity contribution in [2.75, 3.05) is 5.43 Å². The SMILES string of the molecule is N#C/C(=N\Nc1cccc(C=Cc2ccncc2)c1)C(=N)N. The Bertz CT molecular complexity index is 756. The average Bonchev–Trinajstić information content (AvgIpc) is 2.54. The van der Waals surface area contributed by atoms with Gasteiger partial charge in [-0.1, -0.05) is 24.3 Å². The van der Waals surface area contributed by atoms with Gasteiger partial charge < -0.3 is 5.73 Å². The Morgan fingerprint density at radius 3 is 2.64 bits per heavy atom. The van der Waals surface area contributed by atoms with Crippen molar-refractivity contribution in [2.24, 2.45) is 10.8 Å². The van der Waals surface area contributed by atoms with Gasteiger partial charge in [0.15, 0.2) is 5.84 Å². The number of hydrogen-bond acceptors (Lipinski definition) is 5. The Kier molecular flexibility index (Phi) is 5.00. The van der Waals surface area contributed by atoms with Crippen LogP contribution in [0.3, 0.4) is 0 Å². The van der Waals surface area contributed by atoms with Crippen molar-refractivity contribution in [1.82, 2.24) is 4.98 Å². The fourth-order valence-corrected chi connectivity index (χ4v) is 1.64. The second-order valence-electron chi connectivity index (χ2n) is 4.34. The first-order chi connectivity index (χ1) is 10.7. The highest BCUT2D eigenvalue weighted by Gasteiger charge is 2.00. The number of aromatic nitrogens is 1. The van der Waals surface area contributed by atoms with Crippen LogP contribution >= 0.6 is 0 Å². The van der Waals surface area contributed by atoms with Crippen molar-refractivity contribution < 1.29 is 0 Å². The Morgan fingerprint density at radius 2 is 1.95 bits per heavy atom. The van der Waals surface area contributed by atoms with E-state index >= 15 is 0 Å². The quantitative estimate of drug-likeness (QED) is 0.446. The lowest BCUT2D eigenvalue weighted by Crippen LogP contribution is -2.21. The van der Waals surface area contributed by atoms with Crippen LogP contribution in [0.2, 0.25) is 0 Å². The first-order valence-corrected chi connectivity index (χ1v) is 6.45. The van der Waals surface area contributed by atoms with E-state index in [1.54, 1.807) is 18.5 Å². The number of nitrogens with zero attached hydrogens (tertiary/aromatic N) is 3. The summed E-state index contributed by atoms with van der Waals surface area (Å²) in [6.07, 6.45) is 7.40. The topological polar surface area (TPSA) is 111 Å². The summed E-state index contributed by atoms with van der Waals surface area (Å²) < 4.78 is 0. The van der Waals surface area contributed by atoms with E-state index in [4.69, 9.17) is 16.4 Å². The molecular weight excluding hydrogens is 276 g/mol. The molecule has 6 nitrogen and oxygen atoms in total. The maximum atomic E-state index is 8.78. The van der Waals surface area contributed by atoms with Gasteiger partial charge in [0.25, 0.3) is 0 Å². The molecule has 0 atom stereocenters. The first-order valence-electron chi connectivity index (χ1n) is 6.45. The zero-order valence-corrected chi connectivity index (χ0v) is 11.7. The number of amidine groups is 1. The van der Waals surface area contributed by atoms with E-state index in [-0.39, 0.29) is 11.5 Å². The minimum atomic E-state index is -0.372. The van der Waals surface area contributed by atoms with Crippen LogP contribution in [0.5, 0.6) is 0 Å². The largest absolute Gasteiger partial charge is 0.382 e. The third-order valence-electron chi connectivity index (χ3n) is 2.72. The van der Waals surface area contributed by atoms with Gasteiger partial charge in [-0.15, -0.1) is 0 Å². The first kappa shape index (κ1) is 14.9. The lowest BCUT2D eigenvalue weighted by Gasteiger charge is -2.02. The minimum Gasteiger partial charge on any atom is -0.382 e. The number of nitrogens with one attached hydrogen (secondary N) is 2. The van der Waals surface area contributed by atoms with Gasteiger partial charge in [-0.25, -0.2) is 0 Å². The number of hydrazone groups is 1. The van der Waals surface area contributed by atoms with Crippen LogP contribution in [0.25, 0.3) is 12.2 Å². The van der Waals surface area contributed by atoms with Crippen molar-refractivity contribution >= 4 is 29.4 Å². The molecule has 2 aromatic rings. The third kappa shape index (κ3) is 4.28. The van der Waals surface area contributed by atoms with Crippen molar-refractivity contribution in [3.63, 3.8) is 0 Å². The molecule has 108 valence electrons. The van der Waals surface area contributed by atoms with Crippen LogP contribution in [-0.4, -0.2) is 16.5 Å². The van der Waals surface area contributed by atoms with Gasteiger partial charge in [-0.2, -0.15) is 10.4 Å². The van der Waals surface area contributed by atoms with Crippen molar-refractivity contribution in [3.8, 4) is 6.07 Å². The van der Waals surface area contributed by atoms with E-state index in [0.717, 1.165) is 11.1 Å². The lowest BCUT2D eigenvalue weighted by molar-refractivity contribution is 1.32. The third-order valence-corrected chi connectivity index (χ3v) is 2.72. The molecule has 0 amide bonds. The van der Waals surface area contributed by atoms with Gasteiger partial charge in [0.05, 0.1) is 5.69 Å². The van der Waals surface area contributed by atoms with Crippen LogP contribution in [0.1, 0.15) is 11.1 Å². The average molecular weight is 290 g/mol. The van der Waals surface area contributed by atoms with Gasteiger partial charge in [0.2, 0.25) is 5.71 Å². The molecule has 0 aliphatic rings. The predicted octanol–water partition coefficient (Wildman–Crippen LogP) is 2.48. The normalized spacial score (nSPS) is 11.1. The molecule has 0 unspecified atom stereocenters. The summed E-state index contributed by atoms with van der Waals surface area (Å²) in [6, 6.07) is 13.1. The molecule has 1 aromatic carbocycles. The van der Waals surface area contributed by atoms with Crippen LogP contribution in [-0.2, 0) is 0 Å². The van der Waals surface area contributed by atoms with Crippen molar-refractivity contribution in [1.29, 1.82) is 10.7 Å². The molecular formula is C16H14N6. The summed E-state index contributed by atoms with van der Waals surface area (Å²) >= 11 is 0. The number of anilines is 1. The molecule has 0 saturated carbocycles. The standard InChI is InChI=1S/C16H14N6/c17-11-15(16(18)19)22-21-14-3-1-2-13(10-14)5-4-12-6-8-20-9-7-12/h1-10,21H,(H3,18,19)/b5-4?,22-15+. The smallest absolute Gasteiger partial charge is 0.201 e. The maximum absolute atomic E-state index is 8.78. The lowest BCUT2D eigenvalue weighted by atomic mass is 10.1. The molecule has 0 fully saturated rings. The maximum Gasteiger partial charge on any atom is 0.201 e. The molecule has 1 heterocycles. The second-order valence-corrected chi connectivity index (χ2v) is 4.34. The molecule has 0 bridgehead atoms. The number of rotatable bonds is 5. The molecule has 0 spiro atoms. The monoisotopic (exact) mass is 290 g/mol. The Morgan fingerprint density at radius 1 is 1.23 bits per heavy atom. The fourth-order valence-electron chi connectivity index (χ4n) is 1.64. The van der Waals surface area contributed by atoms with Crippen LogP contribution in [0.15, 0.2) is 53.9 Å². The summed E-state index contributed by atoms with van der Waals surface area (Å²) in [5.74, 6) is -0.372. The molecule has 22 heavy (non-hydrogen) atoms. The van der Waals surface area contributed by atoms with Crippen LogP contribution < -0.4 is 11.2 Å². The van der Waals surface area contributed by atoms with E-state index in [9.17, 15) is 0 Å². The Balaban J connectivity index is 2.12. The highest BCUT2D eigenvalue weighted by Crippen LogP contribution is 2.13. The zero-order valence-electron chi connectivity index (χ0n) is 11.7. The van der Waals surface area contributed by atoms with Gasteiger partial charge >= 0.3 is 0 Å². The van der Waals surface area contributed by atoms with Crippen LogP contribution in [0.4, 0.5) is 5.69 Å². The molecule has 0 saturated heterocycles. The summed E-state index contributed by atoms with van der Waals surface area (Å²) in [7, 11) is 0. The highest BCUT2D eigenvalue weighted by atomic mass is 15.3. The molecule has 4 N–H and O–H groups in total. The zero-order chi connectivity index (χ0) is 15.8. The summed E-state index contributed by atoms with van der Waals surface area (Å²) in [4.78, 5) is 3.97. The Labute approximate surface area is 128 Å². The highest BCUT2D eigenvalue weighted by molar-refractivity contribution is 6.45. The molecule has 2 rings (SSSR count). The number of pyridine rings is 1. The summed E-state index contributed by atoms with van der Waals surface area (Å²) in [6.45, 7) is 0. The van der Waals surface area contributed by atoms with E-state index in [1.165, 1.54) is 0 Å². The number of nitrogens with two attached hydrogens (primary N) is 1. The fraction of sp³-hybridized carbons (Fsp3) is 0. The predicted molar refractivity (Wildman–Crippen MR) is 88.2 cm³/mol. The van der Waals surface area contributed by atoms with Gasteiger partial charge in [0, 0.05) is 12.4 Å².